The quantitative estimate of drug-likeness (QED) is 0.0348. The average molecular weight is 614 g/mol. The molecule has 0 heterocycles. The molecular formula is C31H59N5O7. The number of rotatable bonds is 33. The van der Waals surface area contributed by atoms with Crippen LogP contribution in [-0.4, -0.2) is 81.7 Å². The number of amides is 2. The number of carboxylic acid groups (broad SMARTS) is 1. The first-order chi connectivity index (χ1) is 21.0. The predicted octanol–water partition coefficient (Wildman–Crippen LogP) is 6.07. The second-order valence-corrected chi connectivity index (χ2v) is 10.8. The van der Waals surface area contributed by atoms with Gasteiger partial charge in [-0.3, -0.25) is 9.59 Å². The van der Waals surface area contributed by atoms with Crippen molar-refractivity contribution in [2.75, 3.05) is 52.7 Å². The molecule has 0 unspecified atom stereocenters. The molecule has 0 fully saturated rings. The van der Waals surface area contributed by atoms with Crippen molar-refractivity contribution in [2.24, 2.45) is 5.11 Å². The number of hydrogen-bond donors (Lipinski definition) is 3. The van der Waals surface area contributed by atoms with Crippen molar-refractivity contribution in [3.8, 4) is 0 Å². The molecular weight excluding hydrogens is 554 g/mol. The van der Waals surface area contributed by atoms with E-state index in [9.17, 15) is 19.5 Å². The largest absolute Gasteiger partial charge is 0.480 e. The lowest BCUT2D eigenvalue weighted by Gasteiger charge is -2.14. The van der Waals surface area contributed by atoms with Crippen molar-refractivity contribution >= 4 is 17.8 Å². The molecule has 0 bridgehead atoms. The van der Waals surface area contributed by atoms with Crippen LogP contribution >= 0.6 is 0 Å². The van der Waals surface area contributed by atoms with E-state index in [1.54, 1.807) is 0 Å². The summed E-state index contributed by atoms with van der Waals surface area (Å²) in [4.78, 5) is 38.4. The molecule has 0 aromatic rings. The Morgan fingerprint density at radius 3 is 1.70 bits per heavy atom. The van der Waals surface area contributed by atoms with E-state index in [-0.39, 0.29) is 31.2 Å². The van der Waals surface area contributed by atoms with Gasteiger partial charge in [-0.15, -0.1) is 0 Å². The molecule has 0 rings (SSSR count). The Morgan fingerprint density at radius 1 is 0.698 bits per heavy atom. The lowest BCUT2D eigenvalue weighted by atomic mass is 10.0. The molecule has 0 aromatic carbocycles. The first-order valence-corrected chi connectivity index (χ1v) is 16.5. The maximum absolute atomic E-state index is 12.2. The third kappa shape index (κ3) is 30.8. The minimum atomic E-state index is -1.14. The second-order valence-electron chi connectivity index (χ2n) is 10.8. The monoisotopic (exact) mass is 613 g/mol. The SMILES string of the molecule is CCCCCCCCCCCCCCCCCC(=O)N[C@@H](CCC(=O)NCCOCCOCCOCCN=[N+]=[N-])C(=O)O. The van der Waals surface area contributed by atoms with Crippen molar-refractivity contribution in [3.63, 3.8) is 0 Å². The number of carbonyl (C=O) groups excluding carboxylic acids is 2. The van der Waals surface area contributed by atoms with Gasteiger partial charge in [-0.25, -0.2) is 4.79 Å². The molecule has 2 amide bonds. The average Bonchev–Trinajstić information content (AvgIpc) is 2.99. The molecule has 0 aromatic heterocycles. The van der Waals surface area contributed by atoms with Crippen LogP contribution in [0.25, 0.3) is 10.4 Å². The maximum Gasteiger partial charge on any atom is 0.326 e. The van der Waals surface area contributed by atoms with Crippen LogP contribution in [0.4, 0.5) is 0 Å². The van der Waals surface area contributed by atoms with Gasteiger partial charge in [-0.1, -0.05) is 102 Å². The Morgan fingerprint density at radius 2 is 1.19 bits per heavy atom. The third-order valence-corrected chi connectivity index (χ3v) is 7.01. The molecule has 12 heteroatoms. The van der Waals surface area contributed by atoms with Crippen LogP contribution in [0.1, 0.15) is 122 Å². The van der Waals surface area contributed by atoms with E-state index in [1.807, 2.05) is 0 Å². The van der Waals surface area contributed by atoms with Crippen molar-refractivity contribution in [3.05, 3.63) is 10.4 Å². The summed E-state index contributed by atoms with van der Waals surface area (Å²) in [6.45, 7) is 5.03. The van der Waals surface area contributed by atoms with Crippen molar-refractivity contribution in [2.45, 2.75) is 129 Å². The third-order valence-electron chi connectivity index (χ3n) is 7.01. The van der Waals surface area contributed by atoms with Gasteiger partial charge in [0.25, 0.3) is 0 Å². The van der Waals surface area contributed by atoms with Crippen LogP contribution in [-0.2, 0) is 28.6 Å². The number of ether oxygens (including phenoxy) is 3. The Balaban J connectivity index is 3.65. The van der Waals surface area contributed by atoms with Gasteiger partial charge < -0.3 is 30.0 Å². The molecule has 250 valence electrons. The van der Waals surface area contributed by atoms with Gasteiger partial charge in [0.15, 0.2) is 0 Å². The summed E-state index contributed by atoms with van der Waals surface area (Å²) in [5.41, 5.74) is 8.14. The Hall–Kier alpha value is -2.40. The minimum Gasteiger partial charge on any atom is -0.480 e. The Bertz CT molecular complexity index is 735. The lowest BCUT2D eigenvalue weighted by Crippen LogP contribution is -2.41. The van der Waals surface area contributed by atoms with E-state index >= 15 is 0 Å². The smallest absolute Gasteiger partial charge is 0.326 e. The summed E-state index contributed by atoms with van der Waals surface area (Å²) in [5, 5.41) is 18.0. The molecule has 0 saturated carbocycles. The van der Waals surface area contributed by atoms with Gasteiger partial charge in [0.1, 0.15) is 6.04 Å². The van der Waals surface area contributed by atoms with E-state index in [0.29, 0.717) is 52.6 Å². The molecule has 1 atom stereocenters. The summed E-state index contributed by atoms with van der Waals surface area (Å²) in [6.07, 6.45) is 19.1. The highest BCUT2D eigenvalue weighted by atomic mass is 16.5. The van der Waals surface area contributed by atoms with E-state index < -0.39 is 12.0 Å². The summed E-state index contributed by atoms with van der Waals surface area (Å²) < 4.78 is 15.9. The molecule has 3 N–H and O–H groups in total. The number of nitrogens with zero attached hydrogens (tertiary/aromatic N) is 3. The fourth-order valence-electron chi connectivity index (χ4n) is 4.50. The van der Waals surface area contributed by atoms with E-state index in [0.717, 1.165) is 19.3 Å². The summed E-state index contributed by atoms with van der Waals surface area (Å²) in [5.74, 6) is -1.71. The molecule has 0 aliphatic heterocycles. The van der Waals surface area contributed by atoms with Gasteiger partial charge in [-0.2, -0.15) is 0 Å². The molecule has 0 spiro atoms. The van der Waals surface area contributed by atoms with Crippen LogP contribution in [0.5, 0.6) is 0 Å². The summed E-state index contributed by atoms with van der Waals surface area (Å²) >= 11 is 0. The van der Waals surface area contributed by atoms with Gasteiger partial charge in [0.05, 0.1) is 39.6 Å². The van der Waals surface area contributed by atoms with Gasteiger partial charge in [0.2, 0.25) is 11.8 Å². The van der Waals surface area contributed by atoms with Crippen LogP contribution in [0.15, 0.2) is 5.11 Å². The summed E-state index contributed by atoms with van der Waals surface area (Å²) in [7, 11) is 0. The maximum atomic E-state index is 12.2. The number of carboxylic acids is 1. The number of unbranched alkanes of at least 4 members (excludes halogenated alkanes) is 14. The first-order valence-electron chi connectivity index (χ1n) is 16.5. The minimum absolute atomic E-state index is 0.000997. The Kier molecular flexibility index (Phi) is 30.7. The van der Waals surface area contributed by atoms with Gasteiger partial charge in [-0.05, 0) is 18.4 Å². The number of hydrogen-bond acceptors (Lipinski definition) is 7. The molecule has 0 saturated heterocycles. The van der Waals surface area contributed by atoms with Crippen LogP contribution in [0, 0.1) is 0 Å². The normalized spacial score (nSPS) is 11.6. The number of carbonyl (C=O) groups is 3. The number of azide groups is 1. The predicted molar refractivity (Wildman–Crippen MR) is 168 cm³/mol. The number of nitrogens with one attached hydrogen (secondary N) is 2. The van der Waals surface area contributed by atoms with E-state index in [4.69, 9.17) is 19.7 Å². The second kappa shape index (κ2) is 32.5. The van der Waals surface area contributed by atoms with Crippen LogP contribution < -0.4 is 10.6 Å². The van der Waals surface area contributed by atoms with Crippen LogP contribution in [0.3, 0.4) is 0 Å². The molecule has 0 aliphatic rings. The number of aliphatic carboxylic acids is 1. The fraction of sp³-hybridized carbons (Fsp3) is 0.903. The molecule has 12 nitrogen and oxygen atoms in total. The molecule has 43 heavy (non-hydrogen) atoms. The van der Waals surface area contributed by atoms with Gasteiger partial charge >= 0.3 is 5.97 Å². The first kappa shape index (κ1) is 40.6. The molecule has 0 aliphatic carbocycles. The molecule has 0 radical (unpaired) electrons. The standard InChI is InChI=1S/C31H59N5O7/c1-2-3-4-5-6-7-8-9-10-11-12-13-14-15-16-17-30(38)35-28(31(39)40)18-19-29(37)33-20-22-41-24-26-43-27-25-42-23-21-34-36-32/h28H,2-27H2,1H3,(H,33,37)(H,35,38)(H,39,40)/t28-/m0/s1. The zero-order valence-corrected chi connectivity index (χ0v) is 26.7. The van der Waals surface area contributed by atoms with E-state index in [1.165, 1.54) is 77.0 Å². The highest BCUT2D eigenvalue weighted by Gasteiger charge is 2.20. The Labute approximate surface area is 259 Å². The van der Waals surface area contributed by atoms with Crippen LogP contribution in [0.2, 0.25) is 0 Å². The zero-order chi connectivity index (χ0) is 31.6. The summed E-state index contributed by atoms with van der Waals surface area (Å²) in [6, 6.07) is -1.08. The van der Waals surface area contributed by atoms with Crippen molar-refractivity contribution < 1.29 is 33.7 Å². The lowest BCUT2D eigenvalue weighted by molar-refractivity contribution is -0.142. The van der Waals surface area contributed by atoms with Crippen molar-refractivity contribution in [1.82, 2.24) is 10.6 Å². The zero-order valence-electron chi connectivity index (χ0n) is 26.7. The highest BCUT2D eigenvalue weighted by molar-refractivity contribution is 5.84. The van der Waals surface area contributed by atoms with E-state index in [2.05, 4.69) is 27.6 Å². The van der Waals surface area contributed by atoms with Gasteiger partial charge in [0, 0.05) is 30.8 Å². The fourth-order valence-corrected chi connectivity index (χ4v) is 4.50. The topological polar surface area (TPSA) is 172 Å². The highest BCUT2D eigenvalue weighted by Crippen LogP contribution is 2.13. The van der Waals surface area contributed by atoms with Crippen molar-refractivity contribution in [1.29, 1.82) is 0 Å².